The summed E-state index contributed by atoms with van der Waals surface area (Å²) in [5.74, 6) is 0. The van der Waals surface area contributed by atoms with Crippen LogP contribution in [0.1, 0.15) is 5.69 Å². The lowest BCUT2D eigenvalue weighted by Crippen LogP contribution is -2.19. The van der Waals surface area contributed by atoms with Crippen LogP contribution in [0.5, 0.6) is 0 Å². The van der Waals surface area contributed by atoms with Gasteiger partial charge in [0.1, 0.15) is 0 Å². The van der Waals surface area contributed by atoms with Crippen molar-refractivity contribution in [2.75, 3.05) is 16.4 Å². The SMILES string of the molecule is Cc1nn(C)cc1NC(=O)Nc1cccc(N)c1. The largest absolute Gasteiger partial charge is 0.399 e. The Kier molecular flexibility index (Phi) is 3.18. The van der Waals surface area contributed by atoms with E-state index in [0.29, 0.717) is 17.1 Å². The third-order valence-electron chi connectivity index (χ3n) is 2.41. The predicted octanol–water partition coefficient (Wildman–Crippen LogP) is 1.95. The number of anilines is 3. The molecule has 2 rings (SSSR count). The van der Waals surface area contributed by atoms with E-state index in [9.17, 15) is 4.79 Å². The molecule has 94 valence electrons. The second kappa shape index (κ2) is 4.79. The average molecular weight is 245 g/mol. The minimum absolute atomic E-state index is 0.322. The van der Waals surface area contributed by atoms with Crippen molar-refractivity contribution in [1.82, 2.24) is 9.78 Å². The molecule has 2 amide bonds. The summed E-state index contributed by atoms with van der Waals surface area (Å²) in [5, 5.41) is 9.56. The molecule has 0 bridgehead atoms. The molecule has 0 aliphatic carbocycles. The van der Waals surface area contributed by atoms with Crippen LogP contribution in [-0.4, -0.2) is 15.8 Å². The fourth-order valence-electron chi connectivity index (χ4n) is 1.62. The summed E-state index contributed by atoms with van der Waals surface area (Å²) < 4.78 is 1.64. The van der Waals surface area contributed by atoms with Crippen LogP contribution in [-0.2, 0) is 7.05 Å². The van der Waals surface area contributed by atoms with Gasteiger partial charge < -0.3 is 16.4 Å². The molecule has 0 spiro atoms. The van der Waals surface area contributed by atoms with Crippen molar-refractivity contribution in [3.8, 4) is 0 Å². The standard InChI is InChI=1S/C12H15N5O/c1-8-11(7-17(2)16-8)15-12(18)14-10-5-3-4-9(13)6-10/h3-7H,13H2,1-2H3,(H2,14,15,18). The highest BCUT2D eigenvalue weighted by Gasteiger charge is 2.07. The van der Waals surface area contributed by atoms with Crippen molar-refractivity contribution < 1.29 is 4.79 Å². The van der Waals surface area contributed by atoms with Gasteiger partial charge >= 0.3 is 6.03 Å². The van der Waals surface area contributed by atoms with Crippen LogP contribution in [0.2, 0.25) is 0 Å². The van der Waals surface area contributed by atoms with Crippen LogP contribution in [0.3, 0.4) is 0 Å². The Morgan fingerprint density at radius 3 is 2.78 bits per heavy atom. The number of hydrogen-bond acceptors (Lipinski definition) is 3. The maximum Gasteiger partial charge on any atom is 0.323 e. The van der Waals surface area contributed by atoms with E-state index >= 15 is 0 Å². The van der Waals surface area contributed by atoms with E-state index in [-0.39, 0.29) is 6.03 Å². The van der Waals surface area contributed by atoms with Crippen LogP contribution in [0.4, 0.5) is 21.9 Å². The van der Waals surface area contributed by atoms with Crippen molar-refractivity contribution in [3.05, 3.63) is 36.2 Å². The highest BCUT2D eigenvalue weighted by atomic mass is 16.2. The van der Waals surface area contributed by atoms with Gasteiger partial charge in [-0.3, -0.25) is 4.68 Å². The van der Waals surface area contributed by atoms with Crippen molar-refractivity contribution in [2.45, 2.75) is 6.92 Å². The molecule has 0 saturated heterocycles. The van der Waals surface area contributed by atoms with E-state index in [2.05, 4.69) is 15.7 Å². The van der Waals surface area contributed by atoms with Gasteiger partial charge in [0.2, 0.25) is 0 Å². The monoisotopic (exact) mass is 245 g/mol. The van der Waals surface area contributed by atoms with Crippen LogP contribution in [0, 0.1) is 6.92 Å². The maximum atomic E-state index is 11.8. The summed E-state index contributed by atoms with van der Waals surface area (Å²) in [5.41, 5.74) is 8.32. The first-order valence-electron chi connectivity index (χ1n) is 5.48. The van der Waals surface area contributed by atoms with Gasteiger partial charge in [-0.1, -0.05) is 6.07 Å². The van der Waals surface area contributed by atoms with Gasteiger partial charge in [-0.25, -0.2) is 4.79 Å². The van der Waals surface area contributed by atoms with E-state index in [1.807, 2.05) is 6.92 Å². The number of rotatable bonds is 2. The molecule has 0 aliphatic rings. The van der Waals surface area contributed by atoms with Gasteiger partial charge in [0, 0.05) is 24.6 Å². The fraction of sp³-hybridized carbons (Fsp3) is 0.167. The van der Waals surface area contributed by atoms with Crippen LogP contribution >= 0.6 is 0 Å². The molecule has 0 aliphatic heterocycles. The van der Waals surface area contributed by atoms with Crippen molar-refractivity contribution in [1.29, 1.82) is 0 Å². The minimum Gasteiger partial charge on any atom is -0.399 e. The molecular formula is C12H15N5O. The predicted molar refractivity (Wildman–Crippen MR) is 71.4 cm³/mol. The average Bonchev–Trinajstić information content (AvgIpc) is 2.57. The Hall–Kier alpha value is -2.50. The number of nitrogens with two attached hydrogens (primary N) is 1. The topological polar surface area (TPSA) is 85.0 Å². The number of aromatic nitrogens is 2. The van der Waals surface area contributed by atoms with Crippen LogP contribution in [0.25, 0.3) is 0 Å². The number of nitrogens with zero attached hydrogens (tertiary/aromatic N) is 2. The second-order valence-electron chi connectivity index (χ2n) is 4.01. The highest BCUT2D eigenvalue weighted by molar-refractivity contribution is 6.00. The Balaban J connectivity index is 2.03. The summed E-state index contributed by atoms with van der Waals surface area (Å²) in [6, 6.07) is 6.67. The summed E-state index contributed by atoms with van der Waals surface area (Å²) >= 11 is 0. The molecule has 18 heavy (non-hydrogen) atoms. The minimum atomic E-state index is -0.322. The molecule has 0 saturated carbocycles. The van der Waals surface area contributed by atoms with Gasteiger partial charge in [0.15, 0.2) is 0 Å². The van der Waals surface area contributed by atoms with Gasteiger partial charge in [-0.2, -0.15) is 5.10 Å². The Bertz CT molecular complexity index is 576. The molecule has 6 heteroatoms. The Morgan fingerprint density at radius 2 is 2.17 bits per heavy atom. The van der Waals surface area contributed by atoms with E-state index in [4.69, 9.17) is 5.73 Å². The van der Waals surface area contributed by atoms with E-state index < -0.39 is 0 Å². The lowest BCUT2D eigenvalue weighted by atomic mass is 10.3. The molecule has 0 fully saturated rings. The number of nitrogens with one attached hydrogen (secondary N) is 2. The number of benzene rings is 1. The number of carbonyl (C=O) groups excluding carboxylic acids is 1. The van der Waals surface area contributed by atoms with Crippen molar-refractivity contribution >= 4 is 23.1 Å². The lowest BCUT2D eigenvalue weighted by Gasteiger charge is -2.07. The van der Waals surface area contributed by atoms with Gasteiger partial charge in [-0.15, -0.1) is 0 Å². The molecule has 1 aromatic carbocycles. The third kappa shape index (κ3) is 2.79. The van der Waals surface area contributed by atoms with E-state index in [1.54, 1.807) is 42.2 Å². The zero-order valence-corrected chi connectivity index (χ0v) is 10.3. The van der Waals surface area contributed by atoms with Crippen molar-refractivity contribution in [3.63, 3.8) is 0 Å². The fourth-order valence-corrected chi connectivity index (χ4v) is 1.62. The summed E-state index contributed by atoms with van der Waals surface area (Å²) in [6.45, 7) is 1.83. The number of carbonyl (C=O) groups is 1. The zero-order valence-electron chi connectivity index (χ0n) is 10.3. The zero-order chi connectivity index (χ0) is 13.1. The molecule has 0 unspecified atom stereocenters. The van der Waals surface area contributed by atoms with Gasteiger partial charge in [-0.05, 0) is 25.1 Å². The number of hydrogen-bond donors (Lipinski definition) is 3. The lowest BCUT2D eigenvalue weighted by molar-refractivity contribution is 0.262. The molecule has 2 aromatic rings. The molecule has 1 heterocycles. The number of urea groups is 1. The molecular weight excluding hydrogens is 230 g/mol. The number of nitrogen functional groups attached to an aromatic ring is 1. The van der Waals surface area contributed by atoms with Crippen molar-refractivity contribution in [2.24, 2.45) is 7.05 Å². The highest BCUT2D eigenvalue weighted by Crippen LogP contribution is 2.14. The Labute approximate surface area is 105 Å². The number of aryl methyl sites for hydroxylation is 2. The summed E-state index contributed by atoms with van der Waals surface area (Å²) in [4.78, 5) is 11.8. The number of amides is 2. The first kappa shape index (κ1) is 12.0. The van der Waals surface area contributed by atoms with E-state index in [0.717, 1.165) is 5.69 Å². The summed E-state index contributed by atoms with van der Waals surface area (Å²) in [6.07, 6.45) is 1.74. The van der Waals surface area contributed by atoms with E-state index in [1.165, 1.54) is 0 Å². The normalized spacial score (nSPS) is 10.1. The summed E-state index contributed by atoms with van der Waals surface area (Å²) in [7, 11) is 1.80. The van der Waals surface area contributed by atoms with Gasteiger partial charge in [0.25, 0.3) is 0 Å². The molecule has 6 nitrogen and oxygen atoms in total. The first-order chi connectivity index (χ1) is 8.54. The third-order valence-corrected chi connectivity index (χ3v) is 2.41. The molecule has 0 atom stereocenters. The first-order valence-corrected chi connectivity index (χ1v) is 5.48. The Morgan fingerprint density at radius 1 is 1.39 bits per heavy atom. The molecule has 1 aromatic heterocycles. The maximum absolute atomic E-state index is 11.8. The van der Waals surface area contributed by atoms with Gasteiger partial charge in [0.05, 0.1) is 11.4 Å². The molecule has 4 N–H and O–H groups in total. The second-order valence-corrected chi connectivity index (χ2v) is 4.01. The van der Waals surface area contributed by atoms with Crippen LogP contribution in [0.15, 0.2) is 30.5 Å². The van der Waals surface area contributed by atoms with Crippen LogP contribution < -0.4 is 16.4 Å². The smallest absolute Gasteiger partial charge is 0.323 e. The molecule has 0 radical (unpaired) electrons. The quantitative estimate of drug-likeness (QED) is 0.707.